The van der Waals surface area contributed by atoms with Gasteiger partial charge in [-0.1, -0.05) is 0 Å². The number of nitrogens with two attached hydrogens (primary N) is 1. The Kier molecular flexibility index (Phi) is 3.23. The van der Waals surface area contributed by atoms with Gasteiger partial charge >= 0.3 is 0 Å². The number of ether oxygens (including phenoxy) is 1. The Labute approximate surface area is 96.7 Å². The fourth-order valence-electron chi connectivity index (χ4n) is 1.66. The standard InChI is InChI=1S/C11H12F2N2O2/c12-6-4-7(13)9(5-8(6)14)15-11(16)10-2-1-3-17-10/h4-5,10H,1-3,14H2,(H,15,16). The largest absolute Gasteiger partial charge is 0.396 e. The molecule has 1 unspecified atom stereocenters. The topological polar surface area (TPSA) is 64.3 Å². The average molecular weight is 242 g/mol. The van der Waals surface area contributed by atoms with Gasteiger partial charge in [0, 0.05) is 12.7 Å². The molecule has 1 heterocycles. The van der Waals surface area contributed by atoms with E-state index in [4.69, 9.17) is 10.5 Å². The molecular formula is C11H12F2N2O2. The van der Waals surface area contributed by atoms with Crippen LogP contribution in [0.3, 0.4) is 0 Å². The highest BCUT2D eigenvalue weighted by Gasteiger charge is 2.24. The van der Waals surface area contributed by atoms with Gasteiger partial charge in [0.15, 0.2) is 0 Å². The van der Waals surface area contributed by atoms with E-state index in [1.54, 1.807) is 0 Å². The van der Waals surface area contributed by atoms with Crippen LogP contribution in [0.25, 0.3) is 0 Å². The Morgan fingerprint density at radius 2 is 2.18 bits per heavy atom. The first-order chi connectivity index (χ1) is 8.08. The molecule has 0 spiro atoms. The highest BCUT2D eigenvalue weighted by molar-refractivity contribution is 5.94. The lowest BCUT2D eigenvalue weighted by Crippen LogP contribution is -2.27. The molecule has 1 aliphatic rings. The van der Waals surface area contributed by atoms with Crippen molar-refractivity contribution < 1.29 is 18.3 Å². The lowest BCUT2D eigenvalue weighted by Gasteiger charge is -2.11. The molecule has 0 saturated carbocycles. The van der Waals surface area contributed by atoms with Crippen LogP contribution in [0.1, 0.15) is 12.8 Å². The number of nitrogens with one attached hydrogen (secondary N) is 1. The lowest BCUT2D eigenvalue weighted by molar-refractivity contribution is -0.124. The highest BCUT2D eigenvalue weighted by Crippen LogP contribution is 2.22. The summed E-state index contributed by atoms with van der Waals surface area (Å²) in [6, 6.07) is 1.69. The minimum absolute atomic E-state index is 0.135. The first-order valence-electron chi connectivity index (χ1n) is 5.25. The molecule has 1 saturated heterocycles. The van der Waals surface area contributed by atoms with Gasteiger partial charge in [-0.05, 0) is 18.9 Å². The maximum atomic E-state index is 13.3. The van der Waals surface area contributed by atoms with Gasteiger partial charge in [-0.25, -0.2) is 8.78 Å². The summed E-state index contributed by atoms with van der Waals surface area (Å²) < 4.78 is 31.4. The molecule has 6 heteroatoms. The van der Waals surface area contributed by atoms with Crippen LogP contribution in [0.4, 0.5) is 20.2 Å². The molecule has 3 N–H and O–H groups in total. The second-order valence-electron chi connectivity index (χ2n) is 3.84. The van der Waals surface area contributed by atoms with Gasteiger partial charge in [-0.2, -0.15) is 0 Å². The number of halogens is 2. The predicted octanol–water partition coefficient (Wildman–Crippen LogP) is 1.66. The molecule has 0 aromatic heterocycles. The smallest absolute Gasteiger partial charge is 0.253 e. The zero-order valence-electron chi connectivity index (χ0n) is 9.00. The molecule has 0 radical (unpaired) electrons. The van der Waals surface area contributed by atoms with E-state index >= 15 is 0 Å². The highest BCUT2D eigenvalue weighted by atomic mass is 19.1. The molecule has 17 heavy (non-hydrogen) atoms. The number of rotatable bonds is 2. The normalized spacial score (nSPS) is 19.3. The third kappa shape index (κ3) is 2.52. The van der Waals surface area contributed by atoms with Crippen molar-refractivity contribution in [3.05, 3.63) is 23.8 Å². The predicted molar refractivity (Wildman–Crippen MR) is 58.4 cm³/mol. The number of amides is 1. The summed E-state index contributed by atoms with van der Waals surface area (Å²) in [4.78, 5) is 11.6. The molecule has 1 aromatic rings. The Morgan fingerprint density at radius 1 is 1.41 bits per heavy atom. The zero-order valence-corrected chi connectivity index (χ0v) is 9.00. The molecule has 2 rings (SSSR count). The second kappa shape index (κ2) is 4.67. The SMILES string of the molecule is Nc1cc(NC(=O)C2CCCO2)c(F)cc1F. The van der Waals surface area contributed by atoms with Crippen molar-refractivity contribution in [1.29, 1.82) is 0 Å². The Bertz CT molecular complexity index is 445. The van der Waals surface area contributed by atoms with Crippen LogP contribution in [0, 0.1) is 11.6 Å². The van der Waals surface area contributed by atoms with Crippen molar-refractivity contribution in [1.82, 2.24) is 0 Å². The summed E-state index contributed by atoms with van der Waals surface area (Å²) in [5.41, 5.74) is 4.95. The van der Waals surface area contributed by atoms with Crippen molar-refractivity contribution in [2.75, 3.05) is 17.7 Å². The number of benzene rings is 1. The summed E-state index contributed by atoms with van der Waals surface area (Å²) in [5, 5.41) is 2.33. The summed E-state index contributed by atoms with van der Waals surface area (Å²) in [7, 11) is 0. The van der Waals surface area contributed by atoms with E-state index in [0.717, 1.165) is 12.5 Å². The third-order valence-electron chi connectivity index (χ3n) is 2.57. The van der Waals surface area contributed by atoms with Crippen molar-refractivity contribution in [3.63, 3.8) is 0 Å². The summed E-state index contributed by atoms with van der Waals surface area (Å²) in [6.45, 7) is 0.520. The van der Waals surface area contributed by atoms with Crippen LogP contribution in [0.5, 0.6) is 0 Å². The lowest BCUT2D eigenvalue weighted by atomic mass is 10.2. The Hall–Kier alpha value is -1.69. The van der Waals surface area contributed by atoms with E-state index in [1.165, 1.54) is 0 Å². The van der Waals surface area contributed by atoms with Crippen LogP contribution >= 0.6 is 0 Å². The molecule has 4 nitrogen and oxygen atoms in total. The Balaban J connectivity index is 2.12. The van der Waals surface area contributed by atoms with Crippen molar-refractivity contribution in [2.45, 2.75) is 18.9 Å². The molecule has 1 aliphatic heterocycles. The van der Waals surface area contributed by atoms with E-state index in [-0.39, 0.29) is 11.4 Å². The maximum absolute atomic E-state index is 13.3. The van der Waals surface area contributed by atoms with Gasteiger partial charge in [0.05, 0.1) is 11.4 Å². The number of carbonyl (C=O) groups excluding carboxylic acids is 1. The number of anilines is 2. The third-order valence-corrected chi connectivity index (χ3v) is 2.57. The fraction of sp³-hybridized carbons (Fsp3) is 0.364. The van der Waals surface area contributed by atoms with Crippen LogP contribution in [-0.2, 0) is 9.53 Å². The number of hydrogen-bond acceptors (Lipinski definition) is 3. The van der Waals surface area contributed by atoms with Crippen LogP contribution in [0.15, 0.2) is 12.1 Å². The quantitative estimate of drug-likeness (QED) is 0.775. The molecule has 1 amide bonds. The van der Waals surface area contributed by atoms with Crippen molar-refractivity contribution in [3.8, 4) is 0 Å². The summed E-state index contributed by atoms with van der Waals surface area (Å²) in [6.07, 6.45) is 0.830. The van der Waals surface area contributed by atoms with Crippen LogP contribution in [-0.4, -0.2) is 18.6 Å². The molecule has 92 valence electrons. The first kappa shape index (κ1) is 11.8. The minimum atomic E-state index is -0.858. The molecule has 1 atom stereocenters. The van der Waals surface area contributed by atoms with Gasteiger partial charge in [0.1, 0.15) is 17.7 Å². The Morgan fingerprint density at radius 3 is 2.82 bits per heavy atom. The van der Waals surface area contributed by atoms with Gasteiger partial charge in [-0.3, -0.25) is 4.79 Å². The van der Waals surface area contributed by atoms with E-state index in [2.05, 4.69) is 5.32 Å². The maximum Gasteiger partial charge on any atom is 0.253 e. The molecule has 0 aliphatic carbocycles. The fourth-order valence-corrected chi connectivity index (χ4v) is 1.66. The monoisotopic (exact) mass is 242 g/mol. The van der Waals surface area contributed by atoms with Gasteiger partial charge in [0.25, 0.3) is 5.91 Å². The first-order valence-corrected chi connectivity index (χ1v) is 5.25. The van der Waals surface area contributed by atoms with E-state index in [9.17, 15) is 13.6 Å². The van der Waals surface area contributed by atoms with Crippen molar-refractivity contribution in [2.24, 2.45) is 0 Å². The van der Waals surface area contributed by atoms with Crippen molar-refractivity contribution >= 4 is 17.3 Å². The molecular weight excluding hydrogens is 230 g/mol. The molecule has 1 fully saturated rings. The summed E-state index contributed by atoms with van der Waals surface area (Å²) in [5.74, 6) is -2.15. The van der Waals surface area contributed by atoms with E-state index < -0.39 is 23.6 Å². The molecule has 0 bridgehead atoms. The van der Waals surface area contributed by atoms with E-state index in [0.29, 0.717) is 19.1 Å². The minimum Gasteiger partial charge on any atom is -0.396 e. The van der Waals surface area contributed by atoms with Gasteiger partial charge in [0.2, 0.25) is 0 Å². The summed E-state index contributed by atoms with van der Waals surface area (Å²) >= 11 is 0. The average Bonchev–Trinajstić information content (AvgIpc) is 2.79. The number of carbonyl (C=O) groups is 1. The number of nitrogen functional groups attached to an aromatic ring is 1. The number of hydrogen-bond donors (Lipinski definition) is 2. The van der Waals surface area contributed by atoms with E-state index in [1.807, 2.05) is 0 Å². The van der Waals surface area contributed by atoms with Crippen LogP contribution < -0.4 is 11.1 Å². The zero-order chi connectivity index (χ0) is 12.4. The van der Waals surface area contributed by atoms with Gasteiger partial charge in [-0.15, -0.1) is 0 Å². The molecule has 1 aromatic carbocycles. The van der Waals surface area contributed by atoms with Crippen LogP contribution in [0.2, 0.25) is 0 Å². The second-order valence-corrected chi connectivity index (χ2v) is 3.84. The van der Waals surface area contributed by atoms with Gasteiger partial charge < -0.3 is 15.8 Å².